The van der Waals surface area contributed by atoms with Gasteiger partial charge in [0.15, 0.2) is 0 Å². The molecule has 2 heteroatoms. The molecule has 2 nitrogen and oxygen atoms in total. The summed E-state index contributed by atoms with van der Waals surface area (Å²) in [7, 11) is 0. The first-order valence-electron chi connectivity index (χ1n) is 4.92. The number of rotatable bonds is 5. The zero-order valence-electron chi connectivity index (χ0n) is 8.44. The van der Waals surface area contributed by atoms with Crippen molar-refractivity contribution in [2.75, 3.05) is 0 Å². The molecule has 0 spiro atoms. The van der Waals surface area contributed by atoms with E-state index in [-0.39, 0.29) is 6.10 Å². The zero-order chi connectivity index (χ0) is 10.4. The number of carbonyl (C=O) groups is 1. The summed E-state index contributed by atoms with van der Waals surface area (Å²) in [5, 5.41) is 9.17. The van der Waals surface area contributed by atoms with Crippen LogP contribution in [0.2, 0.25) is 0 Å². The van der Waals surface area contributed by atoms with Gasteiger partial charge in [-0.2, -0.15) is 0 Å². The molecule has 76 valence electrons. The van der Waals surface area contributed by atoms with E-state index in [9.17, 15) is 9.90 Å². The molecule has 0 radical (unpaired) electrons. The molecule has 0 amide bonds. The molecular weight excluding hydrogens is 176 g/mol. The van der Waals surface area contributed by atoms with E-state index in [1.54, 1.807) is 6.92 Å². The largest absolute Gasteiger partial charge is 0.393 e. The standard InChI is InChI=1S/C12H16O2/c1-10(14)9-12-6-4-11(5-7-12)3-2-8-13/h4-8,10,14H,2-3,9H2,1H3. The van der Waals surface area contributed by atoms with Crippen LogP contribution in [-0.4, -0.2) is 17.5 Å². The van der Waals surface area contributed by atoms with E-state index >= 15 is 0 Å². The van der Waals surface area contributed by atoms with E-state index < -0.39 is 0 Å². The number of aldehydes is 1. The van der Waals surface area contributed by atoms with Crippen LogP contribution in [0.4, 0.5) is 0 Å². The van der Waals surface area contributed by atoms with Crippen LogP contribution >= 0.6 is 0 Å². The Balaban J connectivity index is 2.54. The molecule has 0 saturated heterocycles. The Hall–Kier alpha value is -1.15. The molecule has 1 aromatic rings. The highest BCUT2D eigenvalue weighted by atomic mass is 16.3. The fourth-order valence-electron chi connectivity index (χ4n) is 1.41. The minimum Gasteiger partial charge on any atom is -0.393 e. The molecule has 1 aromatic carbocycles. The van der Waals surface area contributed by atoms with Gasteiger partial charge >= 0.3 is 0 Å². The summed E-state index contributed by atoms with van der Waals surface area (Å²) >= 11 is 0. The lowest BCUT2D eigenvalue weighted by atomic mass is 10.0. The molecule has 1 N–H and O–H groups in total. The van der Waals surface area contributed by atoms with E-state index in [4.69, 9.17) is 0 Å². The van der Waals surface area contributed by atoms with Gasteiger partial charge < -0.3 is 9.90 Å². The predicted octanol–water partition coefficient (Wildman–Crippen LogP) is 1.74. The molecule has 1 atom stereocenters. The summed E-state index contributed by atoms with van der Waals surface area (Å²) in [6.45, 7) is 1.78. The zero-order valence-corrected chi connectivity index (χ0v) is 8.44. The van der Waals surface area contributed by atoms with Crippen LogP contribution in [0, 0.1) is 0 Å². The molecule has 0 bridgehead atoms. The van der Waals surface area contributed by atoms with E-state index in [1.165, 1.54) is 5.56 Å². The number of carbonyl (C=O) groups excluding carboxylic acids is 1. The molecule has 0 saturated carbocycles. The molecule has 0 heterocycles. The Bertz CT molecular complexity index is 275. The summed E-state index contributed by atoms with van der Waals surface area (Å²) in [5.74, 6) is 0. The predicted molar refractivity (Wildman–Crippen MR) is 56.2 cm³/mol. The van der Waals surface area contributed by atoms with Gasteiger partial charge in [0.25, 0.3) is 0 Å². The van der Waals surface area contributed by atoms with Gasteiger partial charge in [0.2, 0.25) is 0 Å². The van der Waals surface area contributed by atoms with Crippen molar-refractivity contribution in [2.24, 2.45) is 0 Å². The van der Waals surface area contributed by atoms with E-state index in [0.717, 1.165) is 18.3 Å². The Morgan fingerprint density at radius 3 is 2.36 bits per heavy atom. The highest BCUT2D eigenvalue weighted by molar-refractivity contribution is 5.50. The summed E-state index contributed by atoms with van der Waals surface area (Å²) in [5.41, 5.74) is 2.31. The number of hydrogen-bond donors (Lipinski definition) is 1. The third-order valence-electron chi connectivity index (χ3n) is 2.10. The van der Waals surface area contributed by atoms with Gasteiger partial charge in [-0.3, -0.25) is 0 Å². The van der Waals surface area contributed by atoms with Gasteiger partial charge in [0, 0.05) is 6.42 Å². The van der Waals surface area contributed by atoms with Crippen LogP contribution in [0.1, 0.15) is 24.5 Å². The SMILES string of the molecule is CC(O)Cc1ccc(CCC=O)cc1. The fourth-order valence-corrected chi connectivity index (χ4v) is 1.41. The first kappa shape index (κ1) is 10.9. The van der Waals surface area contributed by atoms with Crippen LogP contribution in [-0.2, 0) is 17.6 Å². The Morgan fingerprint density at radius 2 is 1.86 bits per heavy atom. The first-order valence-corrected chi connectivity index (χ1v) is 4.92. The summed E-state index contributed by atoms with van der Waals surface area (Å²) in [6.07, 6.45) is 2.71. The van der Waals surface area contributed by atoms with Crippen molar-refractivity contribution in [3.63, 3.8) is 0 Å². The minimum atomic E-state index is -0.296. The number of aliphatic hydroxyl groups is 1. The van der Waals surface area contributed by atoms with Gasteiger partial charge in [0.1, 0.15) is 6.29 Å². The maximum atomic E-state index is 10.2. The van der Waals surface area contributed by atoms with Crippen LogP contribution in [0.25, 0.3) is 0 Å². The third-order valence-corrected chi connectivity index (χ3v) is 2.10. The molecule has 0 fully saturated rings. The second-order valence-electron chi connectivity index (χ2n) is 3.57. The van der Waals surface area contributed by atoms with Gasteiger partial charge in [-0.25, -0.2) is 0 Å². The Morgan fingerprint density at radius 1 is 1.29 bits per heavy atom. The van der Waals surface area contributed by atoms with Gasteiger partial charge in [-0.15, -0.1) is 0 Å². The average Bonchev–Trinajstić information content (AvgIpc) is 2.16. The highest BCUT2D eigenvalue weighted by Gasteiger charge is 1.98. The fraction of sp³-hybridized carbons (Fsp3) is 0.417. The number of aryl methyl sites for hydroxylation is 1. The molecule has 1 unspecified atom stereocenters. The lowest BCUT2D eigenvalue weighted by Gasteiger charge is -2.05. The number of aliphatic hydroxyl groups excluding tert-OH is 1. The lowest BCUT2D eigenvalue weighted by Crippen LogP contribution is -2.03. The van der Waals surface area contributed by atoms with Crippen molar-refractivity contribution in [2.45, 2.75) is 32.3 Å². The van der Waals surface area contributed by atoms with Crippen LogP contribution in [0.5, 0.6) is 0 Å². The molecular formula is C12H16O2. The molecule has 0 aliphatic rings. The van der Waals surface area contributed by atoms with E-state index in [2.05, 4.69) is 0 Å². The topological polar surface area (TPSA) is 37.3 Å². The summed E-state index contributed by atoms with van der Waals surface area (Å²) in [4.78, 5) is 10.2. The minimum absolute atomic E-state index is 0.296. The Kier molecular flexibility index (Phi) is 4.33. The van der Waals surface area contributed by atoms with E-state index in [0.29, 0.717) is 12.8 Å². The number of benzene rings is 1. The van der Waals surface area contributed by atoms with Crippen LogP contribution in [0.15, 0.2) is 24.3 Å². The molecule has 0 aliphatic heterocycles. The summed E-state index contributed by atoms with van der Waals surface area (Å²) in [6, 6.07) is 8.04. The molecule has 0 aromatic heterocycles. The highest BCUT2D eigenvalue weighted by Crippen LogP contribution is 2.08. The quantitative estimate of drug-likeness (QED) is 0.721. The van der Waals surface area contributed by atoms with Crippen LogP contribution < -0.4 is 0 Å². The van der Waals surface area contributed by atoms with Gasteiger partial charge in [-0.1, -0.05) is 24.3 Å². The second-order valence-corrected chi connectivity index (χ2v) is 3.57. The Labute approximate surface area is 84.6 Å². The van der Waals surface area contributed by atoms with Crippen molar-refractivity contribution in [3.8, 4) is 0 Å². The molecule has 14 heavy (non-hydrogen) atoms. The summed E-state index contributed by atoms with van der Waals surface area (Å²) < 4.78 is 0. The monoisotopic (exact) mass is 192 g/mol. The lowest BCUT2D eigenvalue weighted by molar-refractivity contribution is -0.107. The maximum absolute atomic E-state index is 10.2. The first-order chi connectivity index (χ1) is 6.72. The maximum Gasteiger partial charge on any atom is 0.120 e. The normalized spacial score (nSPS) is 12.4. The van der Waals surface area contributed by atoms with Crippen molar-refractivity contribution in [3.05, 3.63) is 35.4 Å². The second kappa shape index (κ2) is 5.55. The van der Waals surface area contributed by atoms with Crippen molar-refractivity contribution in [1.29, 1.82) is 0 Å². The molecule has 1 rings (SSSR count). The van der Waals surface area contributed by atoms with Gasteiger partial charge in [-0.05, 0) is 30.9 Å². The van der Waals surface area contributed by atoms with Crippen molar-refractivity contribution < 1.29 is 9.90 Å². The average molecular weight is 192 g/mol. The van der Waals surface area contributed by atoms with Crippen molar-refractivity contribution >= 4 is 6.29 Å². The molecule has 0 aliphatic carbocycles. The smallest absolute Gasteiger partial charge is 0.120 e. The van der Waals surface area contributed by atoms with Crippen LogP contribution in [0.3, 0.4) is 0 Å². The van der Waals surface area contributed by atoms with Crippen molar-refractivity contribution in [1.82, 2.24) is 0 Å². The number of hydrogen-bond acceptors (Lipinski definition) is 2. The van der Waals surface area contributed by atoms with Gasteiger partial charge in [0.05, 0.1) is 6.10 Å². The third kappa shape index (κ3) is 3.71. The van der Waals surface area contributed by atoms with E-state index in [1.807, 2.05) is 24.3 Å².